The summed E-state index contributed by atoms with van der Waals surface area (Å²) in [7, 11) is 4.83. The molecule has 0 aliphatic rings. The minimum atomic E-state index is -1.04. The van der Waals surface area contributed by atoms with Crippen LogP contribution in [0.2, 0.25) is 0 Å². The van der Waals surface area contributed by atoms with Crippen LogP contribution in [0.1, 0.15) is 16.7 Å². The maximum absolute atomic E-state index is 11.0. The predicted molar refractivity (Wildman–Crippen MR) is 139 cm³/mol. The minimum Gasteiger partial charge on any atom is -0.497 e. The molecule has 0 aliphatic carbocycles. The third-order valence-corrected chi connectivity index (χ3v) is 5.87. The second-order valence-corrected chi connectivity index (χ2v) is 8.43. The molecule has 0 radical (unpaired) electrons. The molecular weight excluding hydrogens is 476 g/mol. The van der Waals surface area contributed by atoms with E-state index in [2.05, 4.69) is 0 Å². The summed E-state index contributed by atoms with van der Waals surface area (Å²) in [6, 6.07) is 22.4. The molecule has 3 rings (SSSR count). The van der Waals surface area contributed by atoms with Gasteiger partial charge in [0, 0.05) is 0 Å². The van der Waals surface area contributed by atoms with E-state index in [9.17, 15) is 10.2 Å². The van der Waals surface area contributed by atoms with Crippen LogP contribution in [0.5, 0.6) is 17.2 Å². The standard InChI is InChI=1S/C29H36O8/c1-32-24-10-4-21(5-11-24)17-35-20-27(31)29(37-19-23-8-14-26(34-3)15-9-23)28(16-30)36-18-22-6-12-25(33-2)13-7-22/h4-15,27-31H,16-20H2,1-3H3/t27-,28+,29-/m0/s1. The Morgan fingerprint density at radius 1 is 0.595 bits per heavy atom. The summed E-state index contributed by atoms with van der Waals surface area (Å²) in [5.41, 5.74) is 2.74. The van der Waals surface area contributed by atoms with Gasteiger partial charge < -0.3 is 38.6 Å². The zero-order chi connectivity index (χ0) is 26.5. The van der Waals surface area contributed by atoms with Crippen LogP contribution in [-0.4, -0.2) is 63.1 Å². The van der Waals surface area contributed by atoms with Crippen molar-refractivity contribution in [2.24, 2.45) is 0 Å². The van der Waals surface area contributed by atoms with Gasteiger partial charge in [-0.05, 0) is 53.1 Å². The van der Waals surface area contributed by atoms with E-state index in [0.717, 1.165) is 33.9 Å². The Morgan fingerprint density at radius 3 is 1.41 bits per heavy atom. The van der Waals surface area contributed by atoms with Gasteiger partial charge in [-0.25, -0.2) is 0 Å². The van der Waals surface area contributed by atoms with Crippen LogP contribution in [0.15, 0.2) is 72.8 Å². The van der Waals surface area contributed by atoms with Crippen LogP contribution in [0.25, 0.3) is 0 Å². The summed E-state index contributed by atoms with van der Waals surface area (Å²) < 4.78 is 33.4. The third-order valence-electron chi connectivity index (χ3n) is 5.87. The first-order valence-electron chi connectivity index (χ1n) is 12.0. The molecule has 0 heterocycles. The number of rotatable bonds is 16. The lowest BCUT2D eigenvalue weighted by molar-refractivity contribution is -0.157. The van der Waals surface area contributed by atoms with Gasteiger partial charge >= 0.3 is 0 Å². The predicted octanol–water partition coefficient (Wildman–Crippen LogP) is 3.75. The van der Waals surface area contributed by atoms with Crippen molar-refractivity contribution in [3.63, 3.8) is 0 Å². The van der Waals surface area contributed by atoms with Gasteiger partial charge in [-0.15, -0.1) is 0 Å². The van der Waals surface area contributed by atoms with Crippen molar-refractivity contribution in [2.45, 2.75) is 38.1 Å². The third kappa shape index (κ3) is 9.03. The number of methoxy groups -OCH3 is 3. The molecule has 0 bridgehead atoms. The highest BCUT2D eigenvalue weighted by Crippen LogP contribution is 2.19. The number of hydrogen-bond donors (Lipinski definition) is 2. The molecule has 0 fully saturated rings. The zero-order valence-electron chi connectivity index (χ0n) is 21.5. The van der Waals surface area contributed by atoms with Gasteiger partial charge in [0.25, 0.3) is 0 Å². The Morgan fingerprint density at radius 2 is 1.00 bits per heavy atom. The molecule has 8 heteroatoms. The van der Waals surface area contributed by atoms with E-state index in [0.29, 0.717) is 6.61 Å². The number of aliphatic hydroxyl groups excluding tert-OH is 2. The number of ether oxygens (including phenoxy) is 6. The quantitative estimate of drug-likeness (QED) is 0.300. The van der Waals surface area contributed by atoms with Crippen molar-refractivity contribution in [1.29, 1.82) is 0 Å². The van der Waals surface area contributed by atoms with Crippen molar-refractivity contribution >= 4 is 0 Å². The van der Waals surface area contributed by atoms with Gasteiger partial charge in [0.1, 0.15) is 35.6 Å². The Labute approximate surface area is 218 Å². The maximum Gasteiger partial charge on any atom is 0.118 e. The highest BCUT2D eigenvalue weighted by molar-refractivity contribution is 5.28. The average molecular weight is 513 g/mol. The first-order valence-corrected chi connectivity index (χ1v) is 12.0. The largest absolute Gasteiger partial charge is 0.497 e. The summed E-state index contributed by atoms with van der Waals surface area (Å²) in [5, 5.41) is 21.1. The van der Waals surface area contributed by atoms with Crippen LogP contribution in [0.4, 0.5) is 0 Å². The molecule has 0 spiro atoms. The summed E-state index contributed by atoms with van der Waals surface area (Å²) in [6.45, 7) is 0.424. The Kier molecular flexibility index (Phi) is 11.7. The Balaban J connectivity index is 1.63. The van der Waals surface area contributed by atoms with Gasteiger partial charge in [-0.2, -0.15) is 0 Å². The van der Waals surface area contributed by atoms with Crippen LogP contribution >= 0.6 is 0 Å². The van der Waals surface area contributed by atoms with Gasteiger partial charge in [0.2, 0.25) is 0 Å². The molecule has 200 valence electrons. The van der Waals surface area contributed by atoms with E-state index >= 15 is 0 Å². The topological polar surface area (TPSA) is 95.8 Å². The molecule has 8 nitrogen and oxygen atoms in total. The number of aliphatic hydroxyl groups is 2. The van der Waals surface area contributed by atoms with E-state index in [4.69, 9.17) is 28.4 Å². The highest BCUT2D eigenvalue weighted by Gasteiger charge is 2.30. The van der Waals surface area contributed by atoms with Crippen LogP contribution in [-0.2, 0) is 34.0 Å². The summed E-state index contributed by atoms with van der Waals surface area (Å²) in [4.78, 5) is 0. The maximum atomic E-state index is 11.0. The normalized spacial score (nSPS) is 13.5. The fourth-order valence-electron chi connectivity index (χ4n) is 3.67. The van der Waals surface area contributed by atoms with E-state index in [1.54, 1.807) is 21.3 Å². The van der Waals surface area contributed by atoms with Gasteiger partial charge in [0.05, 0.1) is 54.4 Å². The van der Waals surface area contributed by atoms with E-state index in [1.807, 2.05) is 72.8 Å². The van der Waals surface area contributed by atoms with Crippen molar-refractivity contribution in [3.8, 4) is 17.2 Å². The van der Waals surface area contributed by atoms with Gasteiger partial charge in [-0.1, -0.05) is 36.4 Å². The SMILES string of the molecule is COc1ccc(COC[C@H](O)[C@H](OCc2ccc(OC)cc2)[C@@H](CO)OCc2ccc(OC)cc2)cc1. The first-order chi connectivity index (χ1) is 18.1. The molecule has 0 saturated heterocycles. The Bertz CT molecular complexity index is 1020. The van der Waals surface area contributed by atoms with Crippen molar-refractivity contribution in [1.82, 2.24) is 0 Å². The molecule has 3 atom stereocenters. The molecule has 3 aromatic rings. The molecule has 3 aromatic carbocycles. The molecule has 0 amide bonds. The monoisotopic (exact) mass is 512 g/mol. The van der Waals surface area contributed by atoms with Crippen molar-refractivity contribution in [3.05, 3.63) is 89.5 Å². The van der Waals surface area contributed by atoms with Crippen LogP contribution < -0.4 is 14.2 Å². The molecule has 0 aliphatic heterocycles. The zero-order valence-corrected chi connectivity index (χ0v) is 21.5. The van der Waals surface area contributed by atoms with E-state index < -0.39 is 18.3 Å². The van der Waals surface area contributed by atoms with Crippen molar-refractivity contribution < 1.29 is 38.6 Å². The smallest absolute Gasteiger partial charge is 0.118 e. The number of hydrogen-bond acceptors (Lipinski definition) is 8. The molecular formula is C29H36O8. The second kappa shape index (κ2) is 15.2. The average Bonchev–Trinajstić information content (AvgIpc) is 2.95. The highest BCUT2D eigenvalue weighted by atomic mass is 16.6. The first kappa shape index (κ1) is 28.4. The lowest BCUT2D eigenvalue weighted by Gasteiger charge is -2.30. The fraction of sp³-hybridized carbons (Fsp3) is 0.379. The lowest BCUT2D eigenvalue weighted by Crippen LogP contribution is -2.45. The number of benzene rings is 3. The second-order valence-electron chi connectivity index (χ2n) is 8.43. The lowest BCUT2D eigenvalue weighted by atomic mass is 10.1. The molecule has 0 unspecified atom stereocenters. The van der Waals surface area contributed by atoms with Crippen LogP contribution in [0, 0.1) is 0 Å². The van der Waals surface area contributed by atoms with E-state index in [1.165, 1.54) is 0 Å². The fourth-order valence-corrected chi connectivity index (χ4v) is 3.67. The molecule has 2 N–H and O–H groups in total. The Hall–Kier alpha value is -3.14. The van der Waals surface area contributed by atoms with Crippen molar-refractivity contribution in [2.75, 3.05) is 34.5 Å². The summed E-state index contributed by atoms with van der Waals surface area (Å²) in [6.07, 6.45) is -2.65. The van der Waals surface area contributed by atoms with Gasteiger partial charge in [-0.3, -0.25) is 0 Å². The molecule has 0 saturated carbocycles. The van der Waals surface area contributed by atoms with E-state index in [-0.39, 0.29) is 26.4 Å². The van der Waals surface area contributed by atoms with Crippen LogP contribution in [0.3, 0.4) is 0 Å². The molecule has 37 heavy (non-hydrogen) atoms. The van der Waals surface area contributed by atoms with Gasteiger partial charge in [0.15, 0.2) is 0 Å². The summed E-state index contributed by atoms with van der Waals surface area (Å²) in [5.74, 6) is 2.24. The minimum absolute atomic E-state index is 0.00169. The molecule has 0 aromatic heterocycles. The summed E-state index contributed by atoms with van der Waals surface area (Å²) >= 11 is 0.